The summed E-state index contributed by atoms with van der Waals surface area (Å²) in [6.45, 7) is 6.16. The molecule has 0 atom stereocenters. The molecule has 0 fully saturated rings. The number of anilines is 1. The third kappa shape index (κ3) is 4.34. The number of hydrogen-bond acceptors (Lipinski definition) is 5. The molecule has 3 aromatic heterocycles. The highest BCUT2D eigenvalue weighted by molar-refractivity contribution is 7.13. The molecule has 3 heterocycles. The number of benzene rings is 1. The standard InChI is InChI=1S/C21H20Cl2N4OS/c1-3-28-15-9-20(29-11-15)18-10-21(26-12-25-18)24-4-5-27-13(2)6-16-17(23)7-14(22)8-19(16)27/h6-12H,3-5H2,1-2H3,(H,24,25,26). The van der Waals surface area contributed by atoms with E-state index in [2.05, 4.69) is 32.8 Å². The highest BCUT2D eigenvalue weighted by Crippen LogP contribution is 2.31. The van der Waals surface area contributed by atoms with Gasteiger partial charge < -0.3 is 14.6 Å². The Morgan fingerprint density at radius 3 is 2.83 bits per heavy atom. The third-order valence-electron chi connectivity index (χ3n) is 4.59. The van der Waals surface area contributed by atoms with Crippen LogP contribution >= 0.6 is 34.5 Å². The molecular formula is C21H20Cl2N4OS. The van der Waals surface area contributed by atoms with Crippen molar-refractivity contribution in [3.8, 4) is 16.3 Å². The second-order valence-electron chi connectivity index (χ2n) is 6.55. The van der Waals surface area contributed by atoms with Crippen LogP contribution in [0, 0.1) is 6.92 Å². The van der Waals surface area contributed by atoms with Gasteiger partial charge in [-0.1, -0.05) is 23.2 Å². The molecule has 0 saturated heterocycles. The summed E-state index contributed by atoms with van der Waals surface area (Å²) in [5.74, 6) is 1.65. The number of aromatic nitrogens is 3. The van der Waals surface area contributed by atoms with Gasteiger partial charge in [-0.25, -0.2) is 9.97 Å². The Balaban J connectivity index is 1.48. The van der Waals surface area contributed by atoms with Crippen molar-refractivity contribution in [3.63, 3.8) is 0 Å². The van der Waals surface area contributed by atoms with E-state index in [9.17, 15) is 0 Å². The second-order valence-corrected chi connectivity index (χ2v) is 8.31. The Morgan fingerprint density at radius 1 is 1.14 bits per heavy atom. The van der Waals surface area contributed by atoms with Crippen molar-refractivity contribution >= 4 is 51.3 Å². The maximum absolute atomic E-state index is 6.34. The molecule has 0 spiro atoms. The number of halogens is 2. The molecule has 1 N–H and O–H groups in total. The fourth-order valence-corrected chi connectivity index (χ4v) is 4.62. The van der Waals surface area contributed by atoms with E-state index in [0.29, 0.717) is 23.2 Å². The van der Waals surface area contributed by atoms with Crippen LogP contribution in [0.5, 0.6) is 5.75 Å². The van der Waals surface area contributed by atoms with E-state index >= 15 is 0 Å². The minimum atomic E-state index is 0.637. The summed E-state index contributed by atoms with van der Waals surface area (Å²) < 4.78 is 7.74. The minimum Gasteiger partial charge on any atom is -0.493 e. The summed E-state index contributed by atoms with van der Waals surface area (Å²) in [5.41, 5.74) is 3.04. The third-order valence-corrected chi connectivity index (χ3v) is 6.05. The molecule has 29 heavy (non-hydrogen) atoms. The van der Waals surface area contributed by atoms with Gasteiger partial charge in [0.05, 0.1) is 27.7 Å². The van der Waals surface area contributed by atoms with Crippen molar-refractivity contribution in [2.45, 2.75) is 20.4 Å². The molecular weight excluding hydrogens is 427 g/mol. The van der Waals surface area contributed by atoms with Gasteiger partial charge in [0, 0.05) is 46.7 Å². The summed E-state index contributed by atoms with van der Waals surface area (Å²) in [5, 5.41) is 7.69. The summed E-state index contributed by atoms with van der Waals surface area (Å²) in [6, 6.07) is 9.77. The van der Waals surface area contributed by atoms with Gasteiger partial charge in [-0.3, -0.25) is 0 Å². The van der Waals surface area contributed by atoms with Crippen LogP contribution in [0.1, 0.15) is 12.6 Å². The largest absolute Gasteiger partial charge is 0.493 e. The zero-order valence-electron chi connectivity index (χ0n) is 16.1. The molecule has 150 valence electrons. The Kier molecular flexibility index (Phi) is 5.94. The molecule has 4 aromatic rings. The average molecular weight is 447 g/mol. The summed E-state index contributed by atoms with van der Waals surface area (Å²) in [4.78, 5) is 9.78. The molecule has 0 radical (unpaired) electrons. The van der Waals surface area contributed by atoms with Crippen LogP contribution in [-0.4, -0.2) is 27.7 Å². The zero-order valence-corrected chi connectivity index (χ0v) is 18.4. The second kappa shape index (κ2) is 8.61. The lowest BCUT2D eigenvalue weighted by Gasteiger charge is -2.11. The first-order valence-electron chi connectivity index (χ1n) is 9.27. The van der Waals surface area contributed by atoms with Crippen LogP contribution in [0.3, 0.4) is 0 Å². The molecule has 0 aliphatic carbocycles. The van der Waals surface area contributed by atoms with Crippen molar-refractivity contribution in [2.75, 3.05) is 18.5 Å². The van der Waals surface area contributed by atoms with Crippen molar-refractivity contribution in [2.24, 2.45) is 0 Å². The molecule has 0 bridgehead atoms. The van der Waals surface area contributed by atoms with Gasteiger partial charge in [0.15, 0.2) is 0 Å². The normalized spacial score (nSPS) is 11.2. The summed E-state index contributed by atoms with van der Waals surface area (Å²) >= 11 is 14.1. The monoisotopic (exact) mass is 446 g/mol. The van der Waals surface area contributed by atoms with E-state index in [4.69, 9.17) is 27.9 Å². The highest BCUT2D eigenvalue weighted by atomic mass is 35.5. The summed E-state index contributed by atoms with van der Waals surface area (Å²) in [7, 11) is 0. The lowest BCUT2D eigenvalue weighted by Crippen LogP contribution is -2.12. The smallest absolute Gasteiger partial charge is 0.130 e. The molecule has 0 aliphatic rings. The van der Waals surface area contributed by atoms with Crippen molar-refractivity contribution in [1.29, 1.82) is 0 Å². The topological polar surface area (TPSA) is 52.0 Å². The molecule has 8 heteroatoms. The Bertz CT molecular complexity index is 1160. The van der Waals surface area contributed by atoms with Crippen LogP contribution < -0.4 is 10.1 Å². The molecule has 0 amide bonds. The number of nitrogens with one attached hydrogen (secondary N) is 1. The van der Waals surface area contributed by atoms with Gasteiger partial charge in [-0.2, -0.15) is 0 Å². The maximum Gasteiger partial charge on any atom is 0.130 e. The van der Waals surface area contributed by atoms with Gasteiger partial charge in [-0.05, 0) is 32.0 Å². The number of nitrogens with zero attached hydrogens (tertiary/aromatic N) is 3. The van der Waals surface area contributed by atoms with Crippen molar-refractivity contribution in [3.05, 3.63) is 57.8 Å². The first-order chi connectivity index (χ1) is 14.0. The van der Waals surface area contributed by atoms with E-state index in [1.807, 2.05) is 30.5 Å². The molecule has 5 nitrogen and oxygen atoms in total. The fourth-order valence-electron chi connectivity index (χ4n) is 3.29. The number of fused-ring (bicyclic) bond motifs is 1. The predicted molar refractivity (Wildman–Crippen MR) is 122 cm³/mol. The number of hydrogen-bond donors (Lipinski definition) is 1. The molecule has 0 aliphatic heterocycles. The van der Waals surface area contributed by atoms with Crippen LogP contribution in [0.2, 0.25) is 10.0 Å². The first kappa shape index (κ1) is 20.0. The lowest BCUT2D eigenvalue weighted by molar-refractivity contribution is 0.342. The van der Waals surface area contributed by atoms with Crippen LogP contribution in [0.4, 0.5) is 5.82 Å². The van der Waals surface area contributed by atoms with Crippen LogP contribution in [-0.2, 0) is 6.54 Å². The Labute approximate surface area is 183 Å². The van der Waals surface area contributed by atoms with Crippen molar-refractivity contribution < 1.29 is 4.74 Å². The van der Waals surface area contributed by atoms with E-state index < -0.39 is 0 Å². The Hall–Kier alpha value is -2.28. The number of ether oxygens (including phenoxy) is 1. The van der Waals surface area contributed by atoms with E-state index in [0.717, 1.165) is 45.3 Å². The first-order valence-corrected chi connectivity index (χ1v) is 10.9. The van der Waals surface area contributed by atoms with Gasteiger partial charge in [0.1, 0.15) is 17.9 Å². The summed E-state index contributed by atoms with van der Waals surface area (Å²) in [6.07, 6.45) is 1.58. The van der Waals surface area contributed by atoms with E-state index in [1.165, 1.54) is 0 Å². The van der Waals surface area contributed by atoms with Gasteiger partial charge >= 0.3 is 0 Å². The SMILES string of the molecule is CCOc1csc(-c2cc(NCCn3c(C)cc4c(Cl)cc(Cl)cc43)ncn2)c1. The van der Waals surface area contributed by atoms with Gasteiger partial charge in [-0.15, -0.1) is 11.3 Å². The lowest BCUT2D eigenvalue weighted by atomic mass is 10.2. The number of thiophene rings is 1. The molecule has 4 rings (SSSR count). The zero-order chi connectivity index (χ0) is 20.4. The van der Waals surface area contributed by atoms with Crippen molar-refractivity contribution in [1.82, 2.24) is 14.5 Å². The minimum absolute atomic E-state index is 0.637. The van der Waals surface area contributed by atoms with Crippen LogP contribution in [0.25, 0.3) is 21.5 Å². The van der Waals surface area contributed by atoms with Gasteiger partial charge in [0.2, 0.25) is 0 Å². The fraction of sp³-hybridized carbons (Fsp3) is 0.238. The average Bonchev–Trinajstić information content (AvgIpc) is 3.28. The molecule has 0 unspecified atom stereocenters. The maximum atomic E-state index is 6.34. The number of aryl methyl sites for hydroxylation is 1. The molecule has 1 aromatic carbocycles. The quantitative estimate of drug-likeness (QED) is 0.362. The highest BCUT2D eigenvalue weighted by Gasteiger charge is 2.10. The van der Waals surface area contributed by atoms with Gasteiger partial charge in [0.25, 0.3) is 0 Å². The van der Waals surface area contributed by atoms with Crippen LogP contribution in [0.15, 0.2) is 42.0 Å². The van der Waals surface area contributed by atoms with E-state index in [1.54, 1.807) is 23.7 Å². The number of rotatable bonds is 7. The predicted octanol–water partition coefficient (Wildman–Crippen LogP) is 6.29. The molecule has 0 saturated carbocycles. The Morgan fingerprint density at radius 2 is 2.00 bits per heavy atom. The van der Waals surface area contributed by atoms with E-state index in [-0.39, 0.29) is 0 Å².